The van der Waals surface area contributed by atoms with Crippen LogP contribution in [-0.2, 0) is 16.0 Å². The Morgan fingerprint density at radius 3 is 2.56 bits per heavy atom. The summed E-state index contributed by atoms with van der Waals surface area (Å²) in [6, 6.07) is 14.7. The molecule has 1 heterocycles. The maximum atomic E-state index is 12.7. The van der Waals surface area contributed by atoms with Crippen molar-refractivity contribution in [3.05, 3.63) is 69.8 Å². The summed E-state index contributed by atoms with van der Waals surface area (Å²) in [6.07, 6.45) is 0.708. The number of amides is 1. The highest BCUT2D eigenvalue weighted by atomic mass is 79.9. The summed E-state index contributed by atoms with van der Waals surface area (Å²) in [4.78, 5) is 29.5. The molecular weight excluding hydrogens is 408 g/mol. The lowest BCUT2D eigenvalue weighted by Gasteiger charge is -2.13. The minimum atomic E-state index is -0.525. The molecule has 0 saturated carbocycles. The fraction of sp³-hybridized carbons (Fsp3) is 0.190. The summed E-state index contributed by atoms with van der Waals surface area (Å²) >= 11 is 3.36. The number of carbonyl (C=O) groups is 2. The molecule has 0 aliphatic heterocycles. The van der Waals surface area contributed by atoms with Crippen molar-refractivity contribution in [2.45, 2.75) is 20.3 Å². The number of nitrogens with one attached hydrogen (secondary N) is 1. The number of hydrogen-bond donors (Lipinski definition) is 1. The highest BCUT2D eigenvalue weighted by molar-refractivity contribution is 9.10. The number of hydrogen-bond acceptors (Lipinski definition) is 4. The van der Waals surface area contributed by atoms with E-state index in [0.29, 0.717) is 17.7 Å². The Morgan fingerprint density at radius 2 is 1.81 bits per heavy atom. The molecule has 0 saturated heterocycles. The van der Waals surface area contributed by atoms with Crippen molar-refractivity contribution in [3.8, 4) is 0 Å². The van der Waals surface area contributed by atoms with Gasteiger partial charge in [-0.2, -0.15) is 0 Å². The van der Waals surface area contributed by atoms with Crippen LogP contribution in [0.15, 0.2) is 53.0 Å². The van der Waals surface area contributed by atoms with Crippen molar-refractivity contribution in [2.24, 2.45) is 0 Å². The predicted octanol–water partition coefficient (Wildman–Crippen LogP) is 4.66. The lowest BCUT2D eigenvalue weighted by Crippen LogP contribution is -2.22. The van der Waals surface area contributed by atoms with E-state index in [-0.39, 0.29) is 6.61 Å². The molecule has 0 unspecified atom stereocenters. The zero-order valence-corrected chi connectivity index (χ0v) is 16.7. The third kappa shape index (κ3) is 4.17. The number of anilines is 1. The maximum absolute atomic E-state index is 12.7. The highest BCUT2D eigenvalue weighted by Crippen LogP contribution is 2.24. The van der Waals surface area contributed by atoms with Crippen LogP contribution in [-0.4, -0.2) is 23.5 Å². The van der Waals surface area contributed by atoms with Gasteiger partial charge in [0, 0.05) is 15.6 Å². The Morgan fingerprint density at radius 1 is 1.11 bits per heavy atom. The lowest BCUT2D eigenvalue weighted by molar-refractivity contribution is -0.119. The number of rotatable bonds is 5. The normalized spacial score (nSPS) is 10.6. The van der Waals surface area contributed by atoms with E-state index in [0.717, 1.165) is 26.6 Å². The van der Waals surface area contributed by atoms with Crippen LogP contribution in [0.5, 0.6) is 0 Å². The van der Waals surface area contributed by atoms with Crippen molar-refractivity contribution in [1.82, 2.24) is 4.98 Å². The Bertz CT molecular complexity index is 1020. The second-order valence-corrected chi connectivity index (χ2v) is 6.89. The third-order valence-electron chi connectivity index (χ3n) is 4.26. The molecule has 3 aromatic rings. The Balaban J connectivity index is 1.79. The third-order valence-corrected chi connectivity index (χ3v) is 4.95. The number of esters is 1. The summed E-state index contributed by atoms with van der Waals surface area (Å²) in [5.41, 5.74) is 3.46. The van der Waals surface area contributed by atoms with Gasteiger partial charge < -0.3 is 10.1 Å². The molecule has 0 atom stereocenters. The number of ether oxygens (including phenoxy) is 1. The largest absolute Gasteiger partial charge is 0.452 e. The summed E-state index contributed by atoms with van der Waals surface area (Å²) in [5.74, 6) is -0.926. The number of para-hydroxylation sites is 2. The Labute approximate surface area is 165 Å². The van der Waals surface area contributed by atoms with Crippen molar-refractivity contribution in [3.63, 3.8) is 0 Å². The van der Waals surface area contributed by atoms with Crippen LogP contribution in [0.3, 0.4) is 0 Å². The number of pyridine rings is 1. The van der Waals surface area contributed by atoms with Crippen LogP contribution in [0.25, 0.3) is 10.9 Å². The summed E-state index contributed by atoms with van der Waals surface area (Å²) < 4.78 is 6.05. The number of nitrogens with zero attached hydrogens (tertiary/aromatic N) is 1. The molecule has 0 aliphatic rings. The molecule has 3 rings (SSSR count). The van der Waals surface area contributed by atoms with Gasteiger partial charge >= 0.3 is 5.97 Å². The zero-order chi connectivity index (χ0) is 19.4. The van der Waals surface area contributed by atoms with Crippen LogP contribution >= 0.6 is 15.9 Å². The average Bonchev–Trinajstić information content (AvgIpc) is 2.67. The average molecular weight is 427 g/mol. The highest BCUT2D eigenvalue weighted by Gasteiger charge is 2.19. The second-order valence-electron chi connectivity index (χ2n) is 6.03. The Kier molecular flexibility index (Phi) is 5.86. The molecule has 1 amide bonds. The van der Waals surface area contributed by atoms with Gasteiger partial charge in [0.1, 0.15) is 0 Å². The summed E-state index contributed by atoms with van der Waals surface area (Å²) in [6.45, 7) is 3.48. The van der Waals surface area contributed by atoms with Gasteiger partial charge in [-0.1, -0.05) is 37.3 Å². The van der Waals surface area contributed by atoms with Crippen LogP contribution < -0.4 is 5.32 Å². The minimum absolute atomic E-state index is 0.363. The number of fused-ring (bicyclic) bond motifs is 1. The molecule has 0 aliphatic carbocycles. The van der Waals surface area contributed by atoms with Gasteiger partial charge in [-0.15, -0.1) is 0 Å². The molecule has 2 aromatic carbocycles. The molecule has 0 radical (unpaired) electrons. The van der Waals surface area contributed by atoms with Crippen LogP contribution in [0.1, 0.15) is 28.5 Å². The first-order valence-electron chi connectivity index (χ1n) is 8.61. The predicted molar refractivity (Wildman–Crippen MR) is 109 cm³/mol. The van der Waals surface area contributed by atoms with E-state index in [4.69, 9.17) is 4.74 Å². The van der Waals surface area contributed by atoms with Gasteiger partial charge in [-0.3, -0.25) is 9.78 Å². The molecule has 27 heavy (non-hydrogen) atoms. The second kappa shape index (κ2) is 8.31. The van der Waals surface area contributed by atoms with E-state index >= 15 is 0 Å². The maximum Gasteiger partial charge on any atom is 0.339 e. The van der Waals surface area contributed by atoms with E-state index in [1.54, 1.807) is 6.07 Å². The van der Waals surface area contributed by atoms with E-state index in [2.05, 4.69) is 26.2 Å². The number of aromatic nitrogens is 1. The molecule has 6 heteroatoms. The summed E-state index contributed by atoms with van der Waals surface area (Å²) in [7, 11) is 0. The van der Waals surface area contributed by atoms with Crippen LogP contribution in [0, 0.1) is 6.92 Å². The van der Waals surface area contributed by atoms with Crippen molar-refractivity contribution < 1.29 is 14.3 Å². The summed E-state index contributed by atoms with van der Waals surface area (Å²) in [5, 5.41) is 3.44. The first-order valence-corrected chi connectivity index (χ1v) is 9.40. The van der Waals surface area contributed by atoms with E-state index in [1.165, 1.54) is 0 Å². The zero-order valence-electron chi connectivity index (χ0n) is 15.1. The molecule has 1 N–H and O–H groups in total. The van der Waals surface area contributed by atoms with E-state index in [9.17, 15) is 9.59 Å². The van der Waals surface area contributed by atoms with Crippen molar-refractivity contribution in [2.75, 3.05) is 11.9 Å². The first kappa shape index (κ1) is 19.0. The molecule has 0 bridgehead atoms. The monoisotopic (exact) mass is 426 g/mol. The SMILES string of the molecule is CCc1nc2ccccc2c(C(=O)OCC(=O)Nc2ccccc2Br)c1C. The lowest BCUT2D eigenvalue weighted by atomic mass is 10.0. The number of halogens is 1. The quantitative estimate of drug-likeness (QED) is 0.602. The smallest absolute Gasteiger partial charge is 0.339 e. The molecule has 5 nitrogen and oxygen atoms in total. The topological polar surface area (TPSA) is 68.3 Å². The van der Waals surface area contributed by atoms with E-state index < -0.39 is 11.9 Å². The molecule has 138 valence electrons. The van der Waals surface area contributed by atoms with Gasteiger partial charge in [0.25, 0.3) is 5.91 Å². The fourth-order valence-corrected chi connectivity index (χ4v) is 3.30. The number of aryl methyl sites for hydroxylation is 1. The van der Waals surface area contributed by atoms with Gasteiger partial charge in [-0.25, -0.2) is 4.79 Å². The van der Waals surface area contributed by atoms with Gasteiger partial charge in [0.2, 0.25) is 0 Å². The van der Waals surface area contributed by atoms with Gasteiger partial charge in [0.15, 0.2) is 6.61 Å². The van der Waals surface area contributed by atoms with Crippen LogP contribution in [0.4, 0.5) is 5.69 Å². The van der Waals surface area contributed by atoms with Crippen molar-refractivity contribution >= 4 is 44.4 Å². The number of carbonyl (C=O) groups excluding carboxylic acids is 2. The Hall–Kier alpha value is -2.73. The van der Waals surface area contributed by atoms with Crippen LogP contribution in [0.2, 0.25) is 0 Å². The van der Waals surface area contributed by atoms with Crippen molar-refractivity contribution in [1.29, 1.82) is 0 Å². The molecular formula is C21H19BrN2O3. The first-order chi connectivity index (χ1) is 13.0. The molecule has 1 aromatic heterocycles. The van der Waals surface area contributed by atoms with E-state index in [1.807, 2.05) is 56.3 Å². The fourth-order valence-electron chi connectivity index (χ4n) is 2.92. The molecule has 0 spiro atoms. The van der Waals surface area contributed by atoms with Gasteiger partial charge in [-0.05, 0) is 53.0 Å². The minimum Gasteiger partial charge on any atom is -0.452 e. The number of benzene rings is 2. The van der Waals surface area contributed by atoms with Gasteiger partial charge in [0.05, 0.1) is 16.8 Å². The molecule has 0 fully saturated rings. The standard InChI is InChI=1S/C21H19BrN2O3/c1-3-16-13(2)20(14-8-4-6-10-17(14)23-16)21(26)27-12-19(25)24-18-11-7-5-9-15(18)22/h4-11H,3,12H2,1-2H3,(H,24,25).